The minimum atomic E-state index is -3.36. The molecule has 0 bridgehead atoms. The number of nitrogens with zero attached hydrogens (tertiary/aromatic N) is 1. The Labute approximate surface area is 198 Å². The summed E-state index contributed by atoms with van der Waals surface area (Å²) in [5, 5.41) is 0. The Kier molecular flexibility index (Phi) is 6.12. The molecule has 0 aromatic heterocycles. The number of halogens is 2. The number of ether oxygens (including phenoxy) is 2. The van der Waals surface area contributed by atoms with E-state index in [2.05, 4.69) is 0 Å². The van der Waals surface area contributed by atoms with Crippen LogP contribution in [-0.2, 0) is 14.6 Å². The maximum Gasteiger partial charge on any atom is 0.410 e. The quantitative estimate of drug-likeness (QED) is 0.592. The fourth-order valence-corrected chi connectivity index (χ4v) is 5.37. The van der Waals surface area contributed by atoms with Gasteiger partial charge in [-0.2, -0.15) is 0 Å². The van der Waals surface area contributed by atoms with Gasteiger partial charge >= 0.3 is 6.09 Å². The van der Waals surface area contributed by atoms with E-state index in [0.29, 0.717) is 18.7 Å². The van der Waals surface area contributed by atoms with E-state index in [4.69, 9.17) is 9.47 Å². The number of amides is 1. The van der Waals surface area contributed by atoms with E-state index in [1.165, 1.54) is 36.4 Å². The Morgan fingerprint density at radius 1 is 1.03 bits per heavy atom. The molecule has 1 amide bonds. The third kappa shape index (κ3) is 5.04. The van der Waals surface area contributed by atoms with Gasteiger partial charge in [0.25, 0.3) is 0 Å². The van der Waals surface area contributed by atoms with Crippen molar-refractivity contribution in [1.29, 1.82) is 0 Å². The maximum atomic E-state index is 14.8. The number of hydrogen-bond acceptors (Lipinski definition) is 5. The highest BCUT2D eigenvalue weighted by molar-refractivity contribution is 7.90. The molecule has 0 N–H and O–H groups in total. The van der Waals surface area contributed by atoms with Crippen LogP contribution in [0.5, 0.6) is 5.75 Å². The van der Waals surface area contributed by atoms with Gasteiger partial charge in [-0.05, 0) is 74.9 Å². The second-order valence-electron chi connectivity index (χ2n) is 10.2. The topological polar surface area (TPSA) is 72.9 Å². The van der Waals surface area contributed by atoms with Crippen molar-refractivity contribution in [2.75, 3.05) is 19.3 Å². The van der Waals surface area contributed by atoms with Crippen LogP contribution in [0.2, 0.25) is 0 Å². The number of rotatable bonds is 5. The van der Waals surface area contributed by atoms with E-state index in [-0.39, 0.29) is 34.3 Å². The van der Waals surface area contributed by atoms with Gasteiger partial charge in [0.2, 0.25) is 0 Å². The van der Waals surface area contributed by atoms with E-state index in [0.717, 1.165) is 6.26 Å². The smallest absolute Gasteiger partial charge is 0.410 e. The first kappa shape index (κ1) is 24.4. The summed E-state index contributed by atoms with van der Waals surface area (Å²) >= 11 is 0. The van der Waals surface area contributed by atoms with Gasteiger partial charge < -0.3 is 14.4 Å². The van der Waals surface area contributed by atoms with Crippen LogP contribution in [-0.4, -0.2) is 50.5 Å². The Bertz CT molecular complexity index is 1170. The van der Waals surface area contributed by atoms with Crippen LogP contribution < -0.4 is 4.74 Å². The molecule has 2 aliphatic rings. The number of fused-ring (bicyclic) bond motifs is 1. The molecule has 0 radical (unpaired) electrons. The molecule has 1 aliphatic heterocycles. The summed E-state index contributed by atoms with van der Waals surface area (Å²) in [7, 11) is -3.36. The summed E-state index contributed by atoms with van der Waals surface area (Å²) in [5.41, 5.74) is 0.214. The predicted molar refractivity (Wildman–Crippen MR) is 123 cm³/mol. The van der Waals surface area contributed by atoms with Crippen LogP contribution in [0.3, 0.4) is 0 Å². The summed E-state index contributed by atoms with van der Waals surface area (Å²) in [6.07, 6.45) is 0.335. The van der Waals surface area contributed by atoms with Crippen LogP contribution in [0.4, 0.5) is 13.6 Å². The van der Waals surface area contributed by atoms with Gasteiger partial charge in [0.15, 0.2) is 27.2 Å². The largest absolute Gasteiger partial charge is 0.484 e. The van der Waals surface area contributed by atoms with Crippen molar-refractivity contribution in [3.05, 3.63) is 48.0 Å². The molecule has 34 heavy (non-hydrogen) atoms. The molecule has 0 spiro atoms. The van der Waals surface area contributed by atoms with Gasteiger partial charge in [-0.15, -0.1) is 0 Å². The molecule has 9 heteroatoms. The van der Waals surface area contributed by atoms with Gasteiger partial charge in [-0.3, -0.25) is 0 Å². The molecule has 1 heterocycles. The zero-order valence-corrected chi connectivity index (χ0v) is 20.7. The van der Waals surface area contributed by atoms with Gasteiger partial charge in [-0.25, -0.2) is 22.0 Å². The average molecular weight is 494 g/mol. The molecule has 1 saturated carbocycles. The standard InChI is InChI=1S/C25H29F2NO5S/c1-14(22-18-12-28(13-19(18)22)24(29)33-25(2,3)4)32-23-20(26)10-16(11-21(23)27)15-6-8-17(9-7-15)34(5,30)31/h6-11,14,18-19,22H,12-13H2,1-5H3. The van der Waals surface area contributed by atoms with Crippen molar-refractivity contribution < 1.29 is 31.5 Å². The number of piperidine rings is 1. The number of likely N-dealkylation sites (tertiary alicyclic amines) is 1. The number of carbonyl (C=O) groups is 1. The molecule has 1 saturated heterocycles. The molecular weight excluding hydrogens is 464 g/mol. The van der Waals surface area contributed by atoms with Gasteiger partial charge in [0.05, 0.1) is 11.0 Å². The molecule has 2 aromatic carbocycles. The first-order valence-electron chi connectivity index (χ1n) is 11.2. The lowest BCUT2D eigenvalue weighted by Crippen LogP contribution is -2.38. The van der Waals surface area contributed by atoms with Gasteiger partial charge in [-0.1, -0.05) is 12.1 Å². The summed E-state index contributed by atoms with van der Waals surface area (Å²) in [4.78, 5) is 14.0. The molecule has 184 valence electrons. The van der Waals surface area contributed by atoms with Crippen LogP contribution in [0.1, 0.15) is 27.7 Å². The first-order chi connectivity index (χ1) is 15.7. The molecule has 2 fully saturated rings. The molecule has 4 rings (SSSR count). The fourth-order valence-electron chi connectivity index (χ4n) is 4.74. The van der Waals surface area contributed by atoms with Crippen molar-refractivity contribution in [1.82, 2.24) is 4.90 Å². The summed E-state index contributed by atoms with van der Waals surface area (Å²) < 4.78 is 63.9. The summed E-state index contributed by atoms with van der Waals surface area (Å²) in [6, 6.07) is 8.18. The van der Waals surface area contributed by atoms with E-state index in [1.54, 1.807) is 11.8 Å². The third-order valence-electron chi connectivity index (χ3n) is 6.37. The molecule has 1 aliphatic carbocycles. The van der Waals surface area contributed by atoms with Gasteiger partial charge in [0.1, 0.15) is 5.60 Å². The van der Waals surface area contributed by atoms with Crippen molar-refractivity contribution in [2.24, 2.45) is 17.8 Å². The van der Waals surface area contributed by atoms with Gasteiger partial charge in [0, 0.05) is 25.3 Å². The van der Waals surface area contributed by atoms with Crippen LogP contribution in [0.25, 0.3) is 11.1 Å². The predicted octanol–water partition coefficient (Wildman–Crippen LogP) is 4.92. The monoisotopic (exact) mass is 493 g/mol. The minimum Gasteiger partial charge on any atom is -0.484 e. The fraction of sp³-hybridized carbons (Fsp3) is 0.480. The van der Waals surface area contributed by atoms with E-state index in [1.807, 2.05) is 20.8 Å². The molecule has 2 aromatic rings. The number of sulfone groups is 1. The number of hydrogen-bond donors (Lipinski definition) is 0. The van der Waals surface area contributed by atoms with Crippen LogP contribution >= 0.6 is 0 Å². The average Bonchev–Trinajstić information content (AvgIpc) is 3.22. The highest BCUT2D eigenvalue weighted by Gasteiger charge is 2.60. The minimum absolute atomic E-state index is 0.112. The zero-order valence-electron chi connectivity index (χ0n) is 19.8. The highest BCUT2D eigenvalue weighted by atomic mass is 32.2. The SMILES string of the molecule is CC(Oc1c(F)cc(-c2ccc(S(C)(=O)=O)cc2)cc1F)C1C2CN(C(=O)OC(C)(C)C)CC21. The lowest BCUT2D eigenvalue weighted by atomic mass is 10.1. The summed E-state index contributed by atoms with van der Waals surface area (Å²) in [5.74, 6) is -1.52. The molecule has 3 atom stereocenters. The Balaban J connectivity index is 1.40. The van der Waals surface area contributed by atoms with E-state index < -0.39 is 38.9 Å². The lowest BCUT2D eigenvalue weighted by Gasteiger charge is -2.26. The van der Waals surface area contributed by atoms with Crippen molar-refractivity contribution in [3.63, 3.8) is 0 Å². The first-order valence-corrected chi connectivity index (χ1v) is 13.1. The highest BCUT2D eigenvalue weighted by Crippen LogP contribution is 2.54. The maximum absolute atomic E-state index is 14.8. The third-order valence-corrected chi connectivity index (χ3v) is 7.50. The molecular formula is C25H29F2NO5S. The normalized spacial score (nSPS) is 22.8. The van der Waals surface area contributed by atoms with E-state index in [9.17, 15) is 22.0 Å². The number of carbonyl (C=O) groups excluding carboxylic acids is 1. The summed E-state index contributed by atoms with van der Waals surface area (Å²) in [6.45, 7) is 8.34. The second kappa shape index (κ2) is 8.52. The Morgan fingerprint density at radius 3 is 2.03 bits per heavy atom. The van der Waals surface area contributed by atoms with E-state index >= 15 is 0 Å². The van der Waals surface area contributed by atoms with Crippen molar-refractivity contribution in [3.8, 4) is 16.9 Å². The van der Waals surface area contributed by atoms with Crippen LogP contribution in [0, 0.1) is 29.4 Å². The van der Waals surface area contributed by atoms with Crippen molar-refractivity contribution >= 4 is 15.9 Å². The molecule has 6 nitrogen and oxygen atoms in total. The van der Waals surface area contributed by atoms with Crippen molar-refractivity contribution in [2.45, 2.75) is 44.3 Å². The zero-order chi connectivity index (χ0) is 25.0. The number of benzene rings is 2. The molecule has 3 unspecified atom stereocenters. The second-order valence-corrected chi connectivity index (χ2v) is 12.2. The Morgan fingerprint density at radius 2 is 1.56 bits per heavy atom. The Hall–Kier alpha value is -2.68. The lowest BCUT2D eigenvalue weighted by molar-refractivity contribution is 0.0250. The van der Waals surface area contributed by atoms with Crippen LogP contribution in [0.15, 0.2) is 41.3 Å².